The van der Waals surface area contributed by atoms with Crippen molar-refractivity contribution in [2.75, 3.05) is 50.6 Å². The Morgan fingerprint density at radius 2 is 2.04 bits per heavy atom. The Morgan fingerprint density at radius 1 is 1.25 bits per heavy atom. The summed E-state index contributed by atoms with van der Waals surface area (Å²) in [5.74, 6) is 1.42. The van der Waals surface area contributed by atoms with Crippen molar-refractivity contribution in [3.05, 3.63) is 41.3 Å². The van der Waals surface area contributed by atoms with Gasteiger partial charge in [0.1, 0.15) is 5.75 Å². The molecular weight excluding hydrogens is 374 g/mol. The number of benzene rings is 1. The van der Waals surface area contributed by atoms with Crippen LogP contribution in [-0.2, 0) is 11.3 Å². The SMILES string of the molecule is CN=C(NCc1ccc(OC)c(NC(C)=O)c1)N1CCN(c2cccs2)CC1. The van der Waals surface area contributed by atoms with E-state index in [0.717, 1.165) is 37.7 Å². The highest BCUT2D eigenvalue weighted by Gasteiger charge is 2.20. The molecule has 1 aromatic carbocycles. The Hall–Kier alpha value is -2.74. The lowest BCUT2D eigenvalue weighted by atomic mass is 10.2. The van der Waals surface area contributed by atoms with Crippen LogP contribution in [0.2, 0.25) is 0 Å². The second-order valence-electron chi connectivity index (χ2n) is 6.54. The highest BCUT2D eigenvalue weighted by atomic mass is 32.1. The van der Waals surface area contributed by atoms with Gasteiger partial charge in [0, 0.05) is 46.7 Å². The van der Waals surface area contributed by atoms with Crippen LogP contribution in [0.4, 0.5) is 10.7 Å². The minimum atomic E-state index is -0.122. The molecule has 150 valence electrons. The molecule has 1 amide bonds. The summed E-state index contributed by atoms with van der Waals surface area (Å²) in [6.07, 6.45) is 0. The highest BCUT2D eigenvalue weighted by molar-refractivity contribution is 7.14. The summed E-state index contributed by atoms with van der Waals surface area (Å²) in [4.78, 5) is 20.5. The van der Waals surface area contributed by atoms with E-state index in [9.17, 15) is 4.79 Å². The number of piperazine rings is 1. The third-order valence-corrected chi connectivity index (χ3v) is 5.56. The van der Waals surface area contributed by atoms with E-state index in [1.165, 1.54) is 11.9 Å². The highest BCUT2D eigenvalue weighted by Crippen LogP contribution is 2.25. The number of methoxy groups -OCH3 is 1. The standard InChI is InChI=1S/C20H27N5O2S/c1-15(26)23-17-13-16(6-7-18(17)27-3)14-22-20(21-2)25-10-8-24(9-11-25)19-5-4-12-28-19/h4-7,12-13H,8-11,14H2,1-3H3,(H,21,22)(H,23,26). The molecule has 0 atom stereocenters. The smallest absolute Gasteiger partial charge is 0.221 e. The molecule has 1 saturated heterocycles. The zero-order valence-corrected chi connectivity index (χ0v) is 17.4. The summed E-state index contributed by atoms with van der Waals surface area (Å²) in [5, 5.41) is 9.68. The van der Waals surface area contributed by atoms with Crippen molar-refractivity contribution in [2.24, 2.45) is 4.99 Å². The number of carbonyl (C=O) groups is 1. The lowest BCUT2D eigenvalue weighted by Gasteiger charge is -2.37. The first-order chi connectivity index (χ1) is 13.6. The Labute approximate surface area is 170 Å². The molecule has 0 aliphatic carbocycles. The van der Waals surface area contributed by atoms with E-state index in [1.54, 1.807) is 18.4 Å². The normalized spacial score (nSPS) is 14.8. The average Bonchev–Trinajstić information content (AvgIpc) is 3.23. The Kier molecular flexibility index (Phi) is 6.76. The van der Waals surface area contributed by atoms with Gasteiger partial charge < -0.3 is 25.2 Å². The summed E-state index contributed by atoms with van der Waals surface area (Å²) in [7, 11) is 3.40. The van der Waals surface area contributed by atoms with Crippen molar-refractivity contribution in [3.8, 4) is 5.75 Å². The molecule has 1 aromatic heterocycles. The molecule has 2 aromatic rings. The Balaban J connectivity index is 1.58. The molecule has 0 unspecified atom stereocenters. The number of amides is 1. The van der Waals surface area contributed by atoms with E-state index in [0.29, 0.717) is 18.0 Å². The number of hydrogen-bond donors (Lipinski definition) is 2. The number of ether oxygens (including phenoxy) is 1. The van der Waals surface area contributed by atoms with Crippen LogP contribution in [-0.4, -0.2) is 57.1 Å². The van der Waals surface area contributed by atoms with Crippen LogP contribution >= 0.6 is 11.3 Å². The van der Waals surface area contributed by atoms with Gasteiger partial charge in [-0.1, -0.05) is 6.07 Å². The fourth-order valence-electron chi connectivity index (χ4n) is 3.25. The number of carbonyl (C=O) groups excluding carboxylic acids is 1. The second-order valence-corrected chi connectivity index (χ2v) is 7.47. The van der Waals surface area contributed by atoms with Gasteiger partial charge in [0.25, 0.3) is 0 Å². The maximum atomic E-state index is 11.4. The molecule has 2 heterocycles. The topological polar surface area (TPSA) is 69.2 Å². The van der Waals surface area contributed by atoms with E-state index in [-0.39, 0.29) is 5.91 Å². The number of guanidine groups is 1. The third-order valence-electron chi connectivity index (χ3n) is 4.63. The molecule has 1 aliphatic heterocycles. The number of nitrogens with zero attached hydrogens (tertiary/aromatic N) is 3. The van der Waals surface area contributed by atoms with Crippen molar-refractivity contribution in [1.82, 2.24) is 10.2 Å². The van der Waals surface area contributed by atoms with Gasteiger partial charge in [-0.05, 0) is 35.2 Å². The number of anilines is 2. The van der Waals surface area contributed by atoms with Crippen LogP contribution in [0, 0.1) is 0 Å². The predicted molar refractivity (Wildman–Crippen MR) is 116 cm³/mol. The lowest BCUT2D eigenvalue weighted by molar-refractivity contribution is -0.114. The van der Waals surface area contributed by atoms with E-state index < -0.39 is 0 Å². The van der Waals surface area contributed by atoms with Gasteiger partial charge in [-0.2, -0.15) is 0 Å². The molecule has 3 rings (SSSR count). The summed E-state index contributed by atoms with van der Waals surface area (Å²) < 4.78 is 5.31. The minimum absolute atomic E-state index is 0.122. The first-order valence-electron chi connectivity index (χ1n) is 9.29. The van der Waals surface area contributed by atoms with Crippen LogP contribution in [0.25, 0.3) is 0 Å². The second kappa shape index (κ2) is 9.45. The van der Waals surface area contributed by atoms with Crippen LogP contribution < -0.4 is 20.3 Å². The summed E-state index contributed by atoms with van der Waals surface area (Å²) in [6, 6.07) is 10.0. The summed E-state index contributed by atoms with van der Waals surface area (Å²) in [5.41, 5.74) is 1.72. The zero-order chi connectivity index (χ0) is 19.9. The van der Waals surface area contributed by atoms with Crippen molar-refractivity contribution in [3.63, 3.8) is 0 Å². The predicted octanol–water partition coefficient (Wildman–Crippen LogP) is 2.61. The first-order valence-corrected chi connectivity index (χ1v) is 10.2. The maximum absolute atomic E-state index is 11.4. The quantitative estimate of drug-likeness (QED) is 0.595. The van der Waals surface area contributed by atoms with Crippen molar-refractivity contribution >= 4 is 33.9 Å². The van der Waals surface area contributed by atoms with E-state index in [4.69, 9.17) is 4.74 Å². The molecule has 0 spiro atoms. The van der Waals surface area contributed by atoms with Crippen molar-refractivity contribution < 1.29 is 9.53 Å². The van der Waals surface area contributed by atoms with Crippen molar-refractivity contribution in [2.45, 2.75) is 13.5 Å². The van der Waals surface area contributed by atoms with E-state index >= 15 is 0 Å². The first kappa shape index (κ1) is 20.0. The maximum Gasteiger partial charge on any atom is 0.221 e. The lowest BCUT2D eigenvalue weighted by Crippen LogP contribution is -2.52. The summed E-state index contributed by atoms with van der Waals surface area (Å²) in [6.45, 7) is 5.93. The monoisotopic (exact) mass is 401 g/mol. The van der Waals surface area contributed by atoms with Gasteiger partial charge in [-0.3, -0.25) is 9.79 Å². The van der Waals surface area contributed by atoms with Gasteiger partial charge >= 0.3 is 0 Å². The van der Waals surface area contributed by atoms with E-state index in [1.807, 2.05) is 25.2 Å². The van der Waals surface area contributed by atoms with Crippen LogP contribution in [0.1, 0.15) is 12.5 Å². The molecule has 28 heavy (non-hydrogen) atoms. The number of nitrogens with one attached hydrogen (secondary N) is 2. The third kappa shape index (κ3) is 4.95. The van der Waals surface area contributed by atoms with Gasteiger partial charge in [0.05, 0.1) is 17.8 Å². The van der Waals surface area contributed by atoms with Crippen LogP contribution in [0.5, 0.6) is 5.75 Å². The Bertz CT molecular complexity index is 814. The van der Waals surface area contributed by atoms with Gasteiger partial charge in [0.15, 0.2) is 5.96 Å². The van der Waals surface area contributed by atoms with E-state index in [2.05, 4.69) is 42.9 Å². The average molecular weight is 402 g/mol. The molecule has 1 aliphatic rings. The summed E-state index contributed by atoms with van der Waals surface area (Å²) >= 11 is 1.78. The minimum Gasteiger partial charge on any atom is -0.495 e. The van der Waals surface area contributed by atoms with Crippen molar-refractivity contribution in [1.29, 1.82) is 0 Å². The molecule has 7 nitrogen and oxygen atoms in total. The number of thiophene rings is 1. The molecular formula is C20H27N5O2S. The number of hydrogen-bond acceptors (Lipinski definition) is 5. The van der Waals surface area contributed by atoms with Crippen LogP contribution in [0.15, 0.2) is 40.7 Å². The zero-order valence-electron chi connectivity index (χ0n) is 16.6. The fraction of sp³-hybridized carbons (Fsp3) is 0.400. The van der Waals surface area contributed by atoms with Gasteiger partial charge in [0.2, 0.25) is 5.91 Å². The largest absolute Gasteiger partial charge is 0.495 e. The molecule has 8 heteroatoms. The van der Waals surface area contributed by atoms with Crippen LogP contribution in [0.3, 0.4) is 0 Å². The van der Waals surface area contributed by atoms with Gasteiger partial charge in [-0.15, -0.1) is 11.3 Å². The number of rotatable bonds is 5. The Morgan fingerprint density at radius 3 is 2.64 bits per heavy atom. The number of aliphatic imine (C=N–C) groups is 1. The molecule has 0 bridgehead atoms. The van der Waals surface area contributed by atoms with Gasteiger partial charge in [-0.25, -0.2) is 0 Å². The molecule has 1 fully saturated rings. The molecule has 0 radical (unpaired) electrons. The fourth-order valence-corrected chi connectivity index (χ4v) is 4.04. The molecule has 0 saturated carbocycles. The molecule has 2 N–H and O–H groups in total.